The summed E-state index contributed by atoms with van der Waals surface area (Å²) in [6, 6.07) is 12.0. The van der Waals surface area contributed by atoms with Crippen molar-refractivity contribution in [2.75, 3.05) is 13.1 Å². The number of hydrogen-bond donors (Lipinski definition) is 3. The summed E-state index contributed by atoms with van der Waals surface area (Å²) in [6.45, 7) is 1.65. The van der Waals surface area contributed by atoms with Gasteiger partial charge in [-0.3, -0.25) is 0 Å². The van der Waals surface area contributed by atoms with Gasteiger partial charge in [-0.25, -0.2) is 15.1 Å². The summed E-state index contributed by atoms with van der Waals surface area (Å²) in [5, 5.41) is 29.7. The molecule has 0 aliphatic carbocycles. The zero-order valence-corrected chi connectivity index (χ0v) is 18.3. The number of halogens is 3. The SMILES string of the molecule is Oc1c(C(O)NN2CCCCC2)nn(-c2ccc(Cl)cc2Cl)c1-c1ccc(Cl)cc1. The fourth-order valence-electron chi connectivity index (χ4n) is 3.56. The lowest BCUT2D eigenvalue weighted by Gasteiger charge is -2.29. The Kier molecular flexibility index (Phi) is 6.53. The van der Waals surface area contributed by atoms with Crippen LogP contribution in [-0.2, 0) is 0 Å². The highest BCUT2D eigenvalue weighted by Crippen LogP contribution is 2.39. The van der Waals surface area contributed by atoms with E-state index in [1.807, 2.05) is 5.01 Å². The van der Waals surface area contributed by atoms with Crippen LogP contribution >= 0.6 is 34.8 Å². The number of nitrogens with one attached hydrogen (secondary N) is 1. The van der Waals surface area contributed by atoms with Gasteiger partial charge in [0.05, 0.1) is 10.7 Å². The van der Waals surface area contributed by atoms with Gasteiger partial charge in [0.1, 0.15) is 11.4 Å². The lowest BCUT2D eigenvalue weighted by molar-refractivity contribution is 0.0191. The fraction of sp³-hybridized carbons (Fsp3) is 0.286. The largest absolute Gasteiger partial charge is 0.504 e. The number of aromatic hydroxyl groups is 1. The second kappa shape index (κ2) is 9.14. The molecule has 0 spiro atoms. The smallest absolute Gasteiger partial charge is 0.169 e. The van der Waals surface area contributed by atoms with Crippen LogP contribution < -0.4 is 5.43 Å². The molecule has 1 fully saturated rings. The molecule has 1 unspecified atom stereocenters. The van der Waals surface area contributed by atoms with Crippen molar-refractivity contribution in [3.8, 4) is 22.7 Å². The number of piperidine rings is 1. The van der Waals surface area contributed by atoms with Crippen LogP contribution in [0, 0.1) is 0 Å². The number of benzene rings is 2. The number of rotatable bonds is 5. The Morgan fingerprint density at radius 2 is 1.60 bits per heavy atom. The van der Waals surface area contributed by atoms with Crippen LogP contribution in [0.4, 0.5) is 0 Å². The third kappa shape index (κ3) is 4.44. The van der Waals surface area contributed by atoms with E-state index in [9.17, 15) is 10.2 Å². The summed E-state index contributed by atoms with van der Waals surface area (Å²) in [5.74, 6) is -0.139. The average Bonchev–Trinajstić information content (AvgIpc) is 3.06. The lowest BCUT2D eigenvalue weighted by atomic mass is 10.1. The molecular weight excluding hydrogens is 447 g/mol. The zero-order chi connectivity index (χ0) is 21.3. The summed E-state index contributed by atoms with van der Waals surface area (Å²) >= 11 is 18.5. The van der Waals surface area contributed by atoms with Crippen molar-refractivity contribution in [3.63, 3.8) is 0 Å². The van der Waals surface area contributed by atoms with Crippen LogP contribution in [0.25, 0.3) is 16.9 Å². The van der Waals surface area contributed by atoms with Gasteiger partial charge in [0.2, 0.25) is 0 Å². The van der Waals surface area contributed by atoms with Crippen LogP contribution in [0.2, 0.25) is 15.1 Å². The van der Waals surface area contributed by atoms with Crippen molar-refractivity contribution in [2.24, 2.45) is 0 Å². The van der Waals surface area contributed by atoms with Crippen molar-refractivity contribution >= 4 is 34.8 Å². The van der Waals surface area contributed by atoms with Gasteiger partial charge in [0.15, 0.2) is 12.0 Å². The average molecular weight is 468 g/mol. The monoisotopic (exact) mass is 466 g/mol. The number of nitrogens with zero attached hydrogens (tertiary/aromatic N) is 3. The molecule has 30 heavy (non-hydrogen) atoms. The molecule has 3 aromatic rings. The predicted molar refractivity (Wildman–Crippen MR) is 119 cm³/mol. The lowest BCUT2D eigenvalue weighted by Crippen LogP contribution is -2.43. The molecule has 9 heteroatoms. The van der Waals surface area contributed by atoms with Crippen LogP contribution in [0.15, 0.2) is 42.5 Å². The fourth-order valence-corrected chi connectivity index (χ4v) is 4.18. The van der Waals surface area contributed by atoms with Crippen molar-refractivity contribution in [1.29, 1.82) is 0 Å². The predicted octanol–water partition coefficient (Wildman–Crippen LogP) is 5.19. The molecule has 1 aliphatic rings. The first-order valence-corrected chi connectivity index (χ1v) is 10.8. The molecule has 1 saturated heterocycles. The second-order valence-corrected chi connectivity index (χ2v) is 8.46. The first kappa shape index (κ1) is 21.4. The van der Waals surface area contributed by atoms with Gasteiger partial charge < -0.3 is 10.2 Å². The highest BCUT2D eigenvalue weighted by Gasteiger charge is 2.27. The summed E-state index contributed by atoms with van der Waals surface area (Å²) in [6.07, 6.45) is 2.10. The molecule has 2 heterocycles. The standard InChI is InChI=1S/C21H21Cl3N4O2/c22-14-6-4-13(5-7-14)19-20(29)18(21(30)26-27-10-2-1-3-11-27)25-28(19)17-9-8-15(23)12-16(17)24/h4-9,12,21,26,29-30H,1-3,10-11H2. The number of aliphatic hydroxyl groups excluding tert-OH is 1. The van der Waals surface area contributed by atoms with Crippen LogP contribution in [-0.4, -0.2) is 38.1 Å². The van der Waals surface area contributed by atoms with E-state index >= 15 is 0 Å². The summed E-state index contributed by atoms with van der Waals surface area (Å²) < 4.78 is 1.51. The summed E-state index contributed by atoms with van der Waals surface area (Å²) in [5.41, 5.74) is 4.73. The molecule has 0 saturated carbocycles. The third-order valence-electron chi connectivity index (χ3n) is 5.06. The van der Waals surface area contributed by atoms with E-state index in [0.717, 1.165) is 25.9 Å². The molecule has 1 aliphatic heterocycles. The van der Waals surface area contributed by atoms with Gasteiger partial charge in [-0.15, -0.1) is 0 Å². The Bertz CT molecular complexity index is 1030. The van der Waals surface area contributed by atoms with Crippen LogP contribution in [0.1, 0.15) is 31.2 Å². The van der Waals surface area contributed by atoms with E-state index in [-0.39, 0.29) is 11.4 Å². The molecule has 1 aromatic heterocycles. The van der Waals surface area contributed by atoms with Gasteiger partial charge in [-0.1, -0.05) is 53.4 Å². The third-order valence-corrected chi connectivity index (χ3v) is 5.85. The van der Waals surface area contributed by atoms with Crippen molar-refractivity contribution in [2.45, 2.75) is 25.5 Å². The van der Waals surface area contributed by atoms with E-state index in [0.29, 0.717) is 32.0 Å². The van der Waals surface area contributed by atoms with E-state index in [4.69, 9.17) is 34.8 Å². The normalized spacial score (nSPS) is 16.0. The highest BCUT2D eigenvalue weighted by atomic mass is 35.5. The first-order chi connectivity index (χ1) is 14.4. The van der Waals surface area contributed by atoms with Crippen LogP contribution in [0.5, 0.6) is 5.75 Å². The summed E-state index contributed by atoms with van der Waals surface area (Å²) in [4.78, 5) is 0. The Labute approximate surface area is 189 Å². The minimum absolute atomic E-state index is 0.108. The Morgan fingerprint density at radius 3 is 2.27 bits per heavy atom. The molecule has 0 radical (unpaired) electrons. The van der Waals surface area contributed by atoms with E-state index in [1.165, 1.54) is 11.1 Å². The Balaban J connectivity index is 1.79. The maximum absolute atomic E-state index is 11.0. The molecule has 4 rings (SSSR count). The Morgan fingerprint density at radius 1 is 0.933 bits per heavy atom. The number of hydrazine groups is 1. The maximum atomic E-state index is 11.0. The van der Waals surface area contributed by atoms with Gasteiger partial charge in [0, 0.05) is 28.7 Å². The van der Waals surface area contributed by atoms with E-state index in [1.54, 1.807) is 42.5 Å². The van der Waals surface area contributed by atoms with Crippen molar-refractivity contribution in [3.05, 3.63) is 63.2 Å². The quantitative estimate of drug-likeness (QED) is 0.451. The van der Waals surface area contributed by atoms with Gasteiger partial charge in [0.25, 0.3) is 0 Å². The van der Waals surface area contributed by atoms with Crippen molar-refractivity contribution < 1.29 is 10.2 Å². The van der Waals surface area contributed by atoms with E-state index < -0.39 is 6.23 Å². The molecular formula is C21H21Cl3N4O2. The minimum Gasteiger partial charge on any atom is -0.504 e. The molecule has 158 valence electrons. The topological polar surface area (TPSA) is 73.6 Å². The first-order valence-electron chi connectivity index (χ1n) is 9.66. The van der Waals surface area contributed by atoms with Gasteiger partial charge in [-0.2, -0.15) is 5.10 Å². The minimum atomic E-state index is -1.18. The summed E-state index contributed by atoms with van der Waals surface area (Å²) in [7, 11) is 0. The van der Waals surface area contributed by atoms with Crippen molar-refractivity contribution in [1.82, 2.24) is 20.2 Å². The number of aromatic nitrogens is 2. The molecule has 3 N–H and O–H groups in total. The number of aliphatic hydroxyl groups is 1. The second-order valence-electron chi connectivity index (χ2n) is 7.18. The van der Waals surface area contributed by atoms with Crippen LogP contribution in [0.3, 0.4) is 0 Å². The Hall–Kier alpha value is -1.80. The molecule has 0 bridgehead atoms. The van der Waals surface area contributed by atoms with Gasteiger partial charge in [-0.05, 0) is 43.2 Å². The van der Waals surface area contributed by atoms with E-state index in [2.05, 4.69) is 10.5 Å². The number of hydrogen-bond acceptors (Lipinski definition) is 5. The highest BCUT2D eigenvalue weighted by molar-refractivity contribution is 6.35. The molecule has 6 nitrogen and oxygen atoms in total. The molecule has 1 atom stereocenters. The van der Waals surface area contributed by atoms with Gasteiger partial charge >= 0.3 is 0 Å². The molecule has 0 amide bonds. The zero-order valence-electron chi connectivity index (χ0n) is 16.0. The maximum Gasteiger partial charge on any atom is 0.169 e. The molecule has 2 aromatic carbocycles.